The molecule has 0 saturated carbocycles. The van der Waals surface area contributed by atoms with Crippen molar-refractivity contribution in [3.8, 4) is 0 Å². The number of ketones is 1. The number of hydrogen-bond donors (Lipinski definition) is 1. The van der Waals surface area contributed by atoms with Gasteiger partial charge >= 0.3 is 12.1 Å². The highest BCUT2D eigenvalue weighted by molar-refractivity contribution is 6.42. The number of anilines is 1. The van der Waals surface area contributed by atoms with E-state index in [9.17, 15) is 37.5 Å². The van der Waals surface area contributed by atoms with E-state index in [1.807, 2.05) is 0 Å². The van der Waals surface area contributed by atoms with Gasteiger partial charge in [0.1, 0.15) is 5.76 Å². The van der Waals surface area contributed by atoms with Crippen LogP contribution in [0.2, 0.25) is 0 Å². The van der Waals surface area contributed by atoms with E-state index in [1.54, 1.807) is 12.1 Å². The Labute approximate surface area is 201 Å². The van der Waals surface area contributed by atoms with Gasteiger partial charge in [-0.1, -0.05) is 30.3 Å². The molecule has 2 amide bonds. The number of fused-ring (bicyclic) bond motifs is 2. The highest BCUT2D eigenvalue weighted by atomic mass is 19.4. The van der Waals surface area contributed by atoms with Crippen LogP contribution in [0.25, 0.3) is 5.76 Å². The quantitative estimate of drug-likeness (QED) is 0.511. The van der Waals surface area contributed by atoms with Crippen molar-refractivity contribution in [2.24, 2.45) is 16.8 Å². The standard InChI is InChI=1S/C25H17F3N2O6/c1-2-36-24(35)19-16-15(18(29-19)17-20(31)13-8-3-4-9-14(13)21(17)32)22(33)30(23(16)34)12-7-5-6-11(10-12)25(26,27)28/h3-10,15-16,19,31H,2H2,1H3/t15-,16-,19-/m0/s1. The van der Waals surface area contributed by atoms with Crippen LogP contribution in [0.3, 0.4) is 0 Å². The van der Waals surface area contributed by atoms with Gasteiger partial charge in [-0.15, -0.1) is 0 Å². The van der Waals surface area contributed by atoms with Crippen molar-refractivity contribution >= 4 is 40.7 Å². The molecule has 36 heavy (non-hydrogen) atoms. The minimum atomic E-state index is -4.73. The van der Waals surface area contributed by atoms with Crippen LogP contribution in [-0.4, -0.2) is 47.0 Å². The number of alkyl halides is 3. The number of carbonyl (C=O) groups excluding carboxylic acids is 4. The maximum absolute atomic E-state index is 13.5. The molecule has 2 heterocycles. The summed E-state index contributed by atoms with van der Waals surface area (Å²) in [6.07, 6.45) is -4.73. The summed E-state index contributed by atoms with van der Waals surface area (Å²) in [5.41, 5.74) is -1.67. The van der Waals surface area contributed by atoms with Crippen molar-refractivity contribution in [1.29, 1.82) is 0 Å². The maximum Gasteiger partial charge on any atom is 0.416 e. The number of amides is 2. The van der Waals surface area contributed by atoms with Crippen LogP contribution in [0.5, 0.6) is 0 Å². The zero-order chi connectivity index (χ0) is 25.9. The lowest BCUT2D eigenvalue weighted by molar-refractivity contribution is -0.147. The predicted octanol–water partition coefficient (Wildman–Crippen LogP) is 3.36. The van der Waals surface area contributed by atoms with E-state index in [4.69, 9.17) is 4.74 Å². The highest BCUT2D eigenvalue weighted by Crippen LogP contribution is 2.45. The second kappa shape index (κ2) is 8.14. The third-order valence-electron chi connectivity index (χ3n) is 6.37. The van der Waals surface area contributed by atoms with Crippen LogP contribution in [0.1, 0.15) is 28.4 Å². The normalized spacial score (nSPS) is 23.2. The second-order valence-electron chi connectivity index (χ2n) is 8.37. The van der Waals surface area contributed by atoms with Gasteiger partial charge in [0.2, 0.25) is 11.8 Å². The minimum absolute atomic E-state index is 0.0601. The lowest BCUT2D eigenvalue weighted by Crippen LogP contribution is -2.36. The monoisotopic (exact) mass is 498 g/mol. The summed E-state index contributed by atoms with van der Waals surface area (Å²) in [5.74, 6) is -6.88. The molecule has 1 N–H and O–H groups in total. The molecule has 2 aromatic carbocycles. The van der Waals surface area contributed by atoms with E-state index in [0.29, 0.717) is 11.0 Å². The topological polar surface area (TPSA) is 113 Å². The number of hydrogen-bond acceptors (Lipinski definition) is 7. The Bertz CT molecular complexity index is 1410. The Hall–Kier alpha value is -4.28. The largest absolute Gasteiger partial charge is 0.506 e. The van der Waals surface area contributed by atoms with Gasteiger partial charge in [-0.05, 0) is 25.1 Å². The summed E-state index contributed by atoms with van der Waals surface area (Å²) >= 11 is 0. The fourth-order valence-corrected chi connectivity index (χ4v) is 4.83. The third-order valence-corrected chi connectivity index (χ3v) is 6.37. The van der Waals surface area contributed by atoms with Gasteiger partial charge in [-0.2, -0.15) is 13.2 Å². The number of rotatable bonds is 4. The number of aliphatic imine (C=N–C) groups is 1. The van der Waals surface area contributed by atoms with Gasteiger partial charge in [0.05, 0.1) is 41.0 Å². The zero-order valence-electron chi connectivity index (χ0n) is 18.6. The van der Waals surface area contributed by atoms with Gasteiger partial charge in [0.15, 0.2) is 11.8 Å². The molecule has 1 aliphatic carbocycles. The van der Waals surface area contributed by atoms with Crippen molar-refractivity contribution in [1.82, 2.24) is 0 Å². The smallest absolute Gasteiger partial charge is 0.416 e. The SMILES string of the molecule is CCOC(=O)[C@H]1N=C(C2=C(O)c3ccccc3C2=O)[C@H]2C(=O)N(c3cccc(C(F)(F)F)c3)C(=O)[C@@H]21. The Morgan fingerprint density at radius 1 is 1.06 bits per heavy atom. The fourth-order valence-electron chi connectivity index (χ4n) is 4.83. The van der Waals surface area contributed by atoms with E-state index in [-0.39, 0.29) is 34.7 Å². The van der Waals surface area contributed by atoms with Crippen molar-refractivity contribution in [2.75, 3.05) is 11.5 Å². The minimum Gasteiger partial charge on any atom is -0.506 e. The molecule has 0 aromatic heterocycles. The number of nitrogens with zero attached hydrogens (tertiary/aromatic N) is 2. The molecular weight excluding hydrogens is 481 g/mol. The van der Waals surface area contributed by atoms with E-state index in [1.165, 1.54) is 19.1 Å². The molecule has 0 unspecified atom stereocenters. The number of aliphatic hydroxyl groups is 1. The number of ether oxygens (including phenoxy) is 1. The number of allylic oxidation sites excluding steroid dienone is 1. The predicted molar refractivity (Wildman–Crippen MR) is 119 cm³/mol. The first-order valence-corrected chi connectivity index (χ1v) is 10.9. The number of benzene rings is 2. The molecule has 2 aromatic rings. The van der Waals surface area contributed by atoms with Gasteiger partial charge in [-0.3, -0.25) is 19.4 Å². The molecule has 5 rings (SSSR count). The van der Waals surface area contributed by atoms with Gasteiger partial charge < -0.3 is 9.84 Å². The van der Waals surface area contributed by atoms with Crippen molar-refractivity contribution < 1.29 is 42.2 Å². The third kappa shape index (κ3) is 3.34. The molecule has 0 radical (unpaired) electrons. The van der Waals surface area contributed by atoms with E-state index < -0.39 is 58.9 Å². The molecule has 11 heteroatoms. The Morgan fingerprint density at radius 3 is 2.39 bits per heavy atom. The molecule has 184 valence electrons. The summed E-state index contributed by atoms with van der Waals surface area (Å²) in [6, 6.07) is 8.26. The number of halogens is 3. The molecule has 3 aliphatic rings. The van der Waals surface area contributed by atoms with Gasteiger partial charge in [0, 0.05) is 11.1 Å². The molecule has 0 bridgehead atoms. The molecule has 3 atom stereocenters. The number of esters is 1. The zero-order valence-corrected chi connectivity index (χ0v) is 18.6. The molecule has 2 aliphatic heterocycles. The molecular formula is C25H17F3N2O6. The summed E-state index contributed by atoms with van der Waals surface area (Å²) in [6.45, 7) is 1.46. The summed E-state index contributed by atoms with van der Waals surface area (Å²) in [7, 11) is 0. The van der Waals surface area contributed by atoms with Crippen LogP contribution in [0.4, 0.5) is 18.9 Å². The lowest BCUT2D eigenvalue weighted by atomic mass is 9.85. The summed E-state index contributed by atoms with van der Waals surface area (Å²) in [5, 5.41) is 10.8. The van der Waals surface area contributed by atoms with Crippen molar-refractivity contribution in [3.63, 3.8) is 0 Å². The van der Waals surface area contributed by atoms with Crippen LogP contribution in [0.15, 0.2) is 59.1 Å². The number of Topliss-reactive ketones (excluding diaryl/α,β-unsaturated/α-hetero) is 1. The van der Waals surface area contributed by atoms with Crippen molar-refractivity contribution in [3.05, 3.63) is 70.8 Å². The lowest BCUT2D eigenvalue weighted by Gasteiger charge is -2.19. The Kier molecular flexibility index (Phi) is 5.31. The van der Waals surface area contributed by atoms with E-state index in [0.717, 1.165) is 18.2 Å². The molecule has 1 saturated heterocycles. The van der Waals surface area contributed by atoms with Crippen LogP contribution < -0.4 is 4.90 Å². The van der Waals surface area contributed by atoms with Crippen LogP contribution in [-0.2, 0) is 25.3 Å². The Balaban J connectivity index is 1.62. The first-order chi connectivity index (χ1) is 17.1. The Morgan fingerprint density at radius 2 is 1.75 bits per heavy atom. The first kappa shape index (κ1) is 23.5. The molecule has 1 fully saturated rings. The van der Waals surface area contributed by atoms with Gasteiger partial charge in [0.25, 0.3) is 0 Å². The first-order valence-electron chi connectivity index (χ1n) is 10.9. The van der Waals surface area contributed by atoms with E-state index in [2.05, 4.69) is 4.99 Å². The van der Waals surface area contributed by atoms with Crippen LogP contribution in [0, 0.1) is 11.8 Å². The second-order valence-corrected chi connectivity index (χ2v) is 8.37. The highest BCUT2D eigenvalue weighted by Gasteiger charge is 2.61. The van der Waals surface area contributed by atoms with Crippen molar-refractivity contribution in [2.45, 2.75) is 19.1 Å². The molecule has 8 nitrogen and oxygen atoms in total. The van der Waals surface area contributed by atoms with E-state index >= 15 is 0 Å². The summed E-state index contributed by atoms with van der Waals surface area (Å²) in [4.78, 5) is 57.5. The number of carbonyl (C=O) groups is 4. The van der Waals surface area contributed by atoms with Crippen LogP contribution >= 0.6 is 0 Å². The summed E-state index contributed by atoms with van der Waals surface area (Å²) < 4.78 is 44.8. The maximum atomic E-state index is 13.5. The average molecular weight is 498 g/mol. The average Bonchev–Trinajstić information content (AvgIpc) is 3.43. The number of aliphatic hydroxyl groups excluding tert-OH is 1. The molecule has 0 spiro atoms. The fraction of sp³-hybridized carbons (Fsp3) is 0.240. The number of imide groups is 1. The van der Waals surface area contributed by atoms with Gasteiger partial charge in [-0.25, -0.2) is 9.69 Å².